The van der Waals surface area contributed by atoms with E-state index in [1.165, 1.54) is 0 Å². The summed E-state index contributed by atoms with van der Waals surface area (Å²) < 4.78 is 0. The fourth-order valence-corrected chi connectivity index (χ4v) is 2.19. The molecule has 1 aromatic rings. The number of nitrogens with two attached hydrogens (primary N) is 1. The first kappa shape index (κ1) is 12.9. The maximum atomic E-state index is 12.4. The van der Waals surface area contributed by atoms with Gasteiger partial charge in [0.05, 0.1) is 12.5 Å². The van der Waals surface area contributed by atoms with Crippen molar-refractivity contribution >= 4 is 11.6 Å². The molecule has 1 unspecified atom stereocenters. The molecule has 1 fully saturated rings. The smallest absolute Gasteiger partial charge is 0.230 e. The van der Waals surface area contributed by atoms with Crippen LogP contribution >= 0.6 is 0 Å². The number of aliphatic hydroxyl groups excluding tert-OH is 1. The SMILES string of the molecule is CC(C(=O)N(CCO)C1CC1)c1cccc(N)c1. The molecule has 1 atom stereocenters. The van der Waals surface area contributed by atoms with Crippen LogP contribution in [-0.2, 0) is 4.79 Å². The van der Waals surface area contributed by atoms with E-state index >= 15 is 0 Å². The summed E-state index contributed by atoms with van der Waals surface area (Å²) in [6, 6.07) is 7.76. The fraction of sp³-hybridized carbons (Fsp3) is 0.500. The second kappa shape index (κ2) is 5.40. The molecule has 1 saturated carbocycles. The first-order chi connectivity index (χ1) is 8.63. The van der Waals surface area contributed by atoms with Gasteiger partial charge in [-0.15, -0.1) is 0 Å². The second-order valence-electron chi connectivity index (χ2n) is 4.88. The van der Waals surface area contributed by atoms with E-state index in [4.69, 9.17) is 10.8 Å². The Morgan fingerprint density at radius 3 is 2.83 bits per heavy atom. The van der Waals surface area contributed by atoms with Crippen LogP contribution in [0.15, 0.2) is 24.3 Å². The maximum absolute atomic E-state index is 12.4. The van der Waals surface area contributed by atoms with Crippen molar-refractivity contribution in [3.8, 4) is 0 Å². The average Bonchev–Trinajstić information content (AvgIpc) is 3.18. The van der Waals surface area contributed by atoms with Crippen LogP contribution in [-0.4, -0.2) is 35.1 Å². The normalized spacial score (nSPS) is 16.3. The summed E-state index contributed by atoms with van der Waals surface area (Å²) in [5.41, 5.74) is 7.35. The van der Waals surface area contributed by atoms with E-state index in [0.29, 0.717) is 18.3 Å². The van der Waals surface area contributed by atoms with Crippen molar-refractivity contribution in [2.24, 2.45) is 0 Å². The molecule has 4 nitrogen and oxygen atoms in total. The Morgan fingerprint density at radius 2 is 2.28 bits per heavy atom. The first-order valence-corrected chi connectivity index (χ1v) is 6.40. The molecule has 0 aliphatic heterocycles. The number of hydrogen-bond donors (Lipinski definition) is 2. The van der Waals surface area contributed by atoms with Gasteiger partial charge in [-0.25, -0.2) is 0 Å². The summed E-state index contributed by atoms with van der Waals surface area (Å²) >= 11 is 0. The lowest BCUT2D eigenvalue weighted by atomic mass is 9.99. The maximum Gasteiger partial charge on any atom is 0.230 e. The molecule has 0 aromatic heterocycles. The summed E-state index contributed by atoms with van der Waals surface area (Å²) in [5.74, 6) is -0.127. The van der Waals surface area contributed by atoms with Crippen LogP contribution in [0.5, 0.6) is 0 Å². The highest BCUT2D eigenvalue weighted by atomic mass is 16.3. The number of hydrogen-bond acceptors (Lipinski definition) is 3. The highest BCUT2D eigenvalue weighted by Gasteiger charge is 2.34. The highest BCUT2D eigenvalue weighted by Crippen LogP contribution is 2.30. The number of benzene rings is 1. The molecule has 18 heavy (non-hydrogen) atoms. The molecule has 1 aliphatic rings. The third-order valence-corrected chi connectivity index (χ3v) is 3.39. The average molecular weight is 248 g/mol. The number of carbonyl (C=O) groups excluding carboxylic acids is 1. The summed E-state index contributed by atoms with van der Waals surface area (Å²) in [5, 5.41) is 9.04. The zero-order valence-corrected chi connectivity index (χ0v) is 10.7. The monoisotopic (exact) mass is 248 g/mol. The number of carbonyl (C=O) groups is 1. The Hall–Kier alpha value is -1.55. The van der Waals surface area contributed by atoms with Crippen molar-refractivity contribution in [2.45, 2.75) is 31.7 Å². The summed E-state index contributed by atoms with van der Waals surface area (Å²) in [7, 11) is 0. The number of anilines is 1. The second-order valence-corrected chi connectivity index (χ2v) is 4.88. The number of rotatable bonds is 5. The molecule has 3 N–H and O–H groups in total. The lowest BCUT2D eigenvalue weighted by molar-refractivity contribution is -0.133. The van der Waals surface area contributed by atoms with Gasteiger partial charge in [0, 0.05) is 18.3 Å². The van der Waals surface area contributed by atoms with Gasteiger partial charge in [0.1, 0.15) is 0 Å². The third kappa shape index (κ3) is 2.82. The third-order valence-electron chi connectivity index (χ3n) is 3.39. The molecular weight excluding hydrogens is 228 g/mol. The molecule has 4 heteroatoms. The van der Waals surface area contributed by atoms with E-state index in [9.17, 15) is 4.79 Å². The topological polar surface area (TPSA) is 66.6 Å². The van der Waals surface area contributed by atoms with Crippen molar-refractivity contribution in [1.82, 2.24) is 4.90 Å². The Kier molecular flexibility index (Phi) is 3.87. The van der Waals surface area contributed by atoms with E-state index in [0.717, 1.165) is 18.4 Å². The molecule has 98 valence electrons. The zero-order chi connectivity index (χ0) is 13.1. The van der Waals surface area contributed by atoms with Crippen LogP contribution in [0.2, 0.25) is 0 Å². The molecule has 2 rings (SSSR count). The van der Waals surface area contributed by atoms with Gasteiger partial charge in [-0.1, -0.05) is 12.1 Å². The van der Waals surface area contributed by atoms with Gasteiger partial charge >= 0.3 is 0 Å². The molecule has 0 spiro atoms. The van der Waals surface area contributed by atoms with E-state index < -0.39 is 0 Å². The van der Waals surface area contributed by atoms with E-state index in [2.05, 4.69) is 0 Å². The van der Waals surface area contributed by atoms with Gasteiger partial charge < -0.3 is 15.7 Å². The molecule has 1 aromatic carbocycles. The molecule has 1 amide bonds. The van der Waals surface area contributed by atoms with Crippen LogP contribution in [0.25, 0.3) is 0 Å². The molecule has 0 saturated heterocycles. The predicted molar refractivity (Wildman–Crippen MR) is 71.1 cm³/mol. The Bertz CT molecular complexity index is 430. The minimum Gasteiger partial charge on any atom is -0.399 e. The Labute approximate surface area is 107 Å². The van der Waals surface area contributed by atoms with Crippen molar-refractivity contribution in [3.05, 3.63) is 29.8 Å². The van der Waals surface area contributed by atoms with Crippen molar-refractivity contribution in [2.75, 3.05) is 18.9 Å². The van der Waals surface area contributed by atoms with E-state index in [1.54, 1.807) is 4.90 Å². The van der Waals surface area contributed by atoms with Gasteiger partial charge in [-0.3, -0.25) is 4.79 Å². The quantitative estimate of drug-likeness (QED) is 0.773. The minimum atomic E-state index is -0.208. The lowest BCUT2D eigenvalue weighted by Crippen LogP contribution is -2.38. The minimum absolute atomic E-state index is 0.0197. The highest BCUT2D eigenvalue weighted by molar-refractivity contribution is 5.84. The first-order valence-electron chi connectivity index (χ1n) is 6.40. The van der Waals surface area contributed by atoms with Gasteiger partial charge in [0.2, 0.25) is 5.91 Å². The lowest BCUT2D eigenvalue weighted by Gasteiger charge is -2.25. The number of amides is 1. The summed E-state index contributed by atoms with van der Waals surface area (Å²) in [6.45, 7) is 2.34. The van der Waals surface area contributed by atoms with Crippen LogP contribution in [0.4, 0.5) is 5.69 Å². The van der Waals surface area contributed by atoms with E-state index in [-0.39, 0.29) is 18.4 Å². The van der Waals surface area contributed by atoms with Gasteiger partial charge in [0.15, 0.2) is 0 Å². The Morgan fingerprint density at radius 1 is 1.56 bits per heavy atom. The largest absolute Gasteiger partial charge is 0.399 e. The van der Waals surface area contributed by atoms with Crippen molar-refractivity contribution in [3.63, 3.8) is 0 Å². The fourth-order valence-electron chi connectivity index (χ4n) is 2.19. The standard InChI is InChI=1S/C14H20N2O2/c1-10(11-3-2-4-12(15)9-11)14(18)16(7-8-17)13-5-6-13/h2-4,9-10,13,17H,5-8,15H2,1H3. The van der Waals surface area contributed by atoms with Gasteiger partial charge in [-0.2, -0.15) is 0 Å². The van der Waals surface area contributed by atoms with Gasteiger partial charge in [0.25, 0.3) is 0 Å². The van der Waals surface area contributed by atoms with Gasteiger partial charge in [-0.05, 0) is 37.5 Å². The van der Waals surface area contributed by atoms with Crippen molar-refractivity contribution < 1.29 is 9.90 Å². The number of nitrogens with zero attached hydrogens (tertiary/aromatic N) is 1. The van der Waals surface area contributed by atoms with E-state index in [1.807, 2.05) is 31.2 Å². The molecule has 0 heterocycles. The van der Waals surface area contributed by atoms with Crippen molar-refractivity contribution in [1.29, 1.82) is 0 Å². The molecule has 0 bridgehead atoms. The predicted octanol–water partition coefficient (Wildman–Crippen LogP) is 1.36. The van der Waals surface area contributed by atoms with Crippen LogP contribution < -0.4 is 5.73 Å². The summed E-state index contributed by atoms with van der Waals surface area (Å²) in [4.78, 5) is 14.2. The molecular formula is C14H20N2O2. The molecule has 0 radical (unpaired) electrons. The zero-order valence-electron chi connectivity index (χ0n) is 10.7. The number of aliphatic hydroxyl groups is 1. The Balaban J connectivity index is 2.11. The number of nitrogen functional groups attached to an aromatic ring is 1. The molecule has 1 aliphatic carbocycles. The summed E-state index contributed by atoms with van der Waals surface area (Å²) in [6.07, 6.45) is 2.10. The van der Waals surface area contributed by atoms with Crippen LogP contribution in [0.1, 0.15) is 31.2 Å². The van der Waals surface area contributed by atoms with Crippen LogP contribution in [0.3, 0.4) is 0 Å². The van der Waals surface area contributed by atoms with Crippen LogP contribution in [0, 0.1) is 0 Å².